The largest absolute Gasteiger partial charge is 0.309 e. The standard InChI is InChI=1S/C22H28N2O2S/c1-2-19(25)17-3-4-18-20(10-17)27-21(26)24(18)6-5-23-22-11-14-7-15(12-22)9-16(8-14)13-22/h3-4,10,14-16,23H,2,5-9,11-13H2,1H3. The summed E-state index contributed by atoms with van der Waals surface area (Å²) in [5.41, 5.74) is 2.01. The van der Waals surface area contributed by atoms with Gasteiger partial charge in [0, 0.05) is 30.6 Å². The molecule has 0 atom stereocenters. The minimum Gasteiger partial charge on any atom is -0.309 e. The van der Waals surface area contributed by atoms with E-state index in [4.69, 9.17) is 0 Å². The van der Waals surface area contributed by atoms with E-state index in [1.54, 1.807) is 0 Å². The van der Waals surface area contributed by atoms with E-state index in [-0.39, 0.29) is 10.7 Å². The molecule has 6 rings (SSSR count). The molecule has 0 amide bonds. The third-order valence-corrected chi connectivity index (χ3v) is 8.13. The molecule has 4 fully saturated rings. The summed E-state index contributed by atoms with van der Waals surface area (Å²) in [6.07, 6.45) is 8.86. The molecule has 144 valence electrons. The van der Waals surface area contributed by atoms with Gasteiger partial charge in [-0.05, 0) is 74.5 Å². The maximum absolute atomic E-state index is 12.5. The minimum atomic E-state index is 0.0819. The molecule has 0 unspecified atom stereocenters. The van der Waals surface area contributed by atoms with E-state index >= 15 is 0 Å². The van der Waals surface area contributed by atoms with Gasteiger partial charge in [-0.25, -0.2) is 0 Å². The molecule has 1 aromatic heterocycles. The number of ketones is 1. The van der Waals surface area contributed by atoms with Gasteiger partial charge < -0.3 is 5.32 Å². The van der Waals surface area contributed by atoms with Crippen molar-refractivity contribution in [2.24, 2.45) is 17.8 Å². The molecule has 4 nitrogen and oxygen atoms in total. The van der Waals surface area contributed by atoms with E-state index in [1.807, 2.05) is 29.7 Å². The Bertz CT molecular complexity index is 906. The first-order valence-corrected chi connectivity index (χ1v) is 11.3. The fraction of sp³-hybridized carbons (Fsp3) is 0.636. The number of nitrogens with one attached hydrogen (secondary N) is 1. The van der Waals surface area contributed by atoms with Gasteiger partial charge in [-0.15, -0.1) is 0 Å². The van der Waals surface area contributed by atoms with Crippen LogP contribution in [-0.4, -0.2) is 22.4 Å². The molecule has 4 bridgehead atoms. The Morgan fingerprint density at radius 3 is 2.48 bits per heavy atom. The summed E-state index contributed by atoms with van der Waals surface area (Å²) < 4.78 is 2.81. The van der Waals surface area contributed by atoms with Crippen molar-refractivity contribution in [2.75, 3.05) is 6.54 Å². The van der Waals surface area contributed by atoms with Gasteiger partial charge in [-0.1, -0.05) is 18.3 Å². The smallest absolute Gasteiger partial charge is 0.308 e. The summed E-state index contributed by atoms with van der Waals surface area (Å²) >= 11 is 1.26. The second-order valence-corrected chi connectivity index (χ2v) is 10.1. The average Bonchev–Trinajstić information content (AvgIpc) is 2.94. The van der Waals surface area contributed by atoms with Crippen LogP contribution in [0, 0.1) is 17.8 Å². The molecule has 0 aliphatic heterocycles. The Hall–Kier alpha value is -1.46. The van der Waals surface area contributed by atoms with Crippen LogP contribution in [0.5, 0.6) is 0 Å². The Balaban J connectivity index is 1.31. The molecule has 4 aliphatic carbocycles. The average molecular weight is 385 g/mol. The van der Waals surface area contributed by atoms with Gasteiger partial charge in [0.05, 0.1) is 10.2 Å². The van der Waals surface area contributed by atoms with E-state index < -0.39 is 0 Å². The molecule has 0 spiro atoms. The summed E-state index contributed by atoms with van der Waals surface area (Å²) in [7, 11) is 0. The van der Waals surface area contributed by atoms with Crippen LogP contribution < -0.4 is 10.2 Å². The lowest BCUT2D eigenvalue weighted by Crippen LogP contribution is -2.58. The number of benzene rings is 1. The predicted molar refractivity (Wildman–Crippen MR) is 110 cm³/mol. The zero-order valence-electron chi connectivity index (χ0n) is 16.0. The van der Waals surface area contributed by atoms with Crippen LogP contribution in [0.3, 0.4) is 0 Å². The number of hydrogen-bond acceptors (Lipinski definition) is 4. The van der Waals surface area contributed by atoms with E-state index in [0.717, 1.165) is 34.5 Å². The van der Waals surface area contributed by atoms with Gasteiger partial charge in [0.2, 0.25) is 0 Å². The van der Waals surface area contributed by atoms with Crippen LogP contribution in [-0.2, 0) is 6.54 Å². The molecule has 0 saturated heterocycles. The highest BCUT2D eigenvalue weighted by atomic mass is 32.1. The van der Waals surface area contributed by atoms with Crippen molar-refractivity contribution < 1.29 is 4.79 Å². The number of aromatic nitrogens is 1. The highest BCUT2D eigenvalue weighted by molar-refractivity contribution is 7.16. The highest BCUT2D eigenvalue weighted by Gasteiger charge is 2.50. The second kappa shape index (κ2) is 6.56. The van der Waals surface area contributed by atoms with Crippen molar-refractivity contribution in [2.45, 2.75) is 64.0 Å². The van der Waals surface area contributed by atoms with Crippen molar-refractivity contribution in [3.63, 3.8) is 0 Å². The van der Waals surface area contributed by atoms with Crippen LogP contribution >= 0.6 is 11.3 Å². The summed E-state index contributed by atoms with van der Waals surface area (Å²) in [5.74, 6) is 2.93. The third-order valence-electron chi connectivity index (χ3n) is 7.18. The summed E-state index contributed by atoms with van der Waals surface area (Å²) in [6, 6.07) is 5.69. The Morgan fingerprint density at radius 2 is 1.85 bits per heavy atom. The van der Waals surface area contributed by atoms with Gasteiger partial charge in [0.25, 0.3) is 0 Å². The maximum atomic E-state index is 12.5. The minimum absolute atomic E-state index is 0.0819. The lowest BCUT2D eigenvalue weighted by Gasteiger charge is -2.57. The number of Topliss-reactive ketones (excluding diaryl/α,β-unsaturated/α-hetero) is 1. The van der Waals surface area contributed by atoms with E-state index in [9.17, 15) is 9.59 Å². The number of nitrogens with zero attached hydrogens (tertiary/aromatic N) is 1. The number of hydrogen-bond donors (Lipinski definition) is 1. The van der Waals surface area contributed by atoms with Crippen molar-refractivity contribution in [1.29, 1.82) is 0 Å². The molecule has 1 heterocycles. The van der Waals surface area contributed by atoms with Gasteiger partial charge >= 0.3 is 4.87 Å². The summed E-state index contributed by atoms with van der Waals surface area (Å²) in [4.78, 5) is 24.5. The summed E-state index contributed by atoms with van der Waals surface area (Å²) in [6.45, 7) is 3.44. The second-order valence-electron chi connectivity index (χ2n) is 9.10. The van der Waals surface area contributed by atoms with Crippen LogP contribution in [0.4, 0.5) is 0 Å². The zero-order chi connectivity index (χ0) is 18.6. The number of fused-ring (bicyclic) bond motifs is 1. The normalized spacial score (nSPS) is 31.7. The molecule has 0 radical (unpaired) electrons. The fourth-order valence-electron chi connectivity index (χ4n) is 6.42. The van der Waals surface area contributed by atoms with Gasteiger partial charge in [0.15, 0.2) is 5.78 Å². The van der Waals surface area contributed by atoms with Gasteiger partial charge in [-0.2, -0.15) is 0 Å². The number of carbonyl (C=O) groups is 1. The Morgan fingerprint density at radius 1 is 1.19 bits per heavy atom. The fourth-order valence-corrected chi connectivity index (χ4v) is 7.37. The number of thiazole rings is 1. The monoisotopic (exact) mass is 384 g/mol. The lowest BCUT2D eigenvalue weighted by atomic mass is 9.53. The molecule has 2 aromatic rings. The first-order valence-electron chi connectivity index (χ1n) is 10.5. The van der Waals surface area contributed by atoms with Crippen molar-refractivity contribution in [3.8, 4) is 0 Å². The molecule has 27 heavy (non-hydrogen) atoms. The molecular formula is C22H28N2O2S. The predicted octanol–water partition coefficient (Wildman–Crippen LogP) is 4.21. The molecule has 4 aliphatic rings. The Kier molecular flexibility index (Phi) is 4.28. The van der Waals surface area contributed by atoms with E-state index in [1.165, 1.54) is 49.9 Å². The first kappa shape index (κ1) is 17.6. The quantitative estimate of drug-likeness (QED) is 0.759. The molecule has 5 heteroatoms. The molecule has 1 N–H and O–H groups in total. The third kappa shape index (κ3) is 3.09. The van der Waals surface area contributed by atoms with Gasteiger partial charge in [0.1, 0.15) is 0 Å². The highest BCUT2D eigenvalue weighted by Crippen LogP contribution is 2.55. The molecule has 4 saturated carbocycles. The molecular weight excluding hydrogens is 356 g/mol. The van der Waals surface area contributed by atoms with E-state index in [2.05, 4.69) is 5.32 Å². The lowest BCUT2D eigenvalue weighted by molar-refractivity contribution is -0.0197. The number of rotatable bonds is 6. The van der Waals surface area contributed by atoms with Crippen LogP contribution in [0.2, 0.25) is 0 Å². The molecule has 1 aromatic carbocycles. The van der Waals surface area contributed by atoms with Crippen LogP contribution in [0.1, 0.15) is 62.2 Å². The SMILES string of the molecule is CCC(=O)c1ccc2c(c1)sc(=O)n2CCNC12CC3CC(CC(C3)C1)C2. The zero-order valence-corrected chi connectivity index (χ0v) is 16.8. The Labute approximate surface area is 164 Å². The van der Waals surface area contributed by atoms with Crippen molar-refractivity contribution >= 4 is 27.3 Å². The number of carbonyl (C=O) groups excluding carboxylic acids is 1. The van der Waals surface area contributed by atoms with Gasteiger partial charge in [-0.3, -0.25) is 14.2 Å². The summed E-state index contributed by atoms with van der Waals surface area (Å²) in [5, 5.41) is 3.89. The van der Waals surface area contributed by atoms with Crippen LogP contribution in [0.25, 0.3) is 10.2 Å². The first-order chi connectivity index (χ1) is 13.0. The maximum Gasteiger partial charge on any atom is 0.308 e. The van der Waals surface area contributed by atoms with Crippen molar-refractivity contribution in [3.05, 3.63) is 33.4 Å². The van der Waals surface area contributed by atoms with Crippen molar-refractivity contribution in [1.82, 2.24) is 9.88 Å². The van der Waals surface area contributed by atoms with E-state index in [0.29, 0.717) is 24.1 Å². The van der Waals surface area contributed by atoms with Crippen LogP contribution in [0.15, 0.2) is 23.0 Å². The topological polar surface area (TPSA) is 51.1 Å².